The Balaban J connectivity index is 2.09. The summed E-state index contributed by atoms with van der Waals surface area (Å²) in [7, 11) is 1.88. The molecule has 0 saturated heterocycles. The molecule has 16 heavy (non-hydrogen) atoms. The molecular weight excluding hydrogens is 200 g/mol. The van der Waals surface area contributed by atoms with Gasteiger partial charge in [-0.3, -0.25) is 4.68 Å². The van der Waals surface area contributed by atoms with Gasteiger partial charge in [0.15, 0.2) is 0 Å². The van der Waals surface area contributed by atoms with Crippen LogP contribution in [0.1, 0.15) is 51.1 Å². The number of rotatable bonds is 8. The first kappa shape index (κ1) is 13.2. The third-order valence-electron chi connectivity index (χ3n) is 2.80. The molecule has 0 bridgehead atoms. The molecule has 0 saturated carbocycles. The molecule has 0 fully saturated rings. The van der Waals surface area contributed by atoms with E-state index in [1.54, 1.807) is 4.68 Å². The van der Waals surface area contributed by atoms with E-state index in [1.165, 1.54) is 32.1 Å². The minimum atomic E-state index is 0.235. The van der Waals surface area contributed by atoms with Crippen molar-refractivity contribution in [1.82, 2.24) is 15.0 Å². The van der Waals surface area contributed by atoms with E-state index in [2.05, 4.69) is 17.2 Å². The fraction of sp³-hybridized carbons (Fsp3) is 0.833. The van der Waals surface area contributed by atoms with Gasteiger partial charge in [0.25, 0.3) is 0 Å². The van der Waals surface area contributed by atoms with Crippen molar-refractivity contribution >= 4 is 0 Å². The van der Waals surface area contributed by atoms with Gasteiger partial charge < -0.3 is 5.73 Å². The Bertz CT molecular complexity index is 282. The molecule has 0 amide bonds. The molecule has 0 radical (unpaired) electrons. The minimum Gasteiger partial charge on any atom is -0.327 e. The molecule has 0 aliphatic carbocycles. The predicted octanol–water partition coefficient (Wildman–Crippen LogP) is 2.05. The van der Waals surface area contributed by atoms with Gasteiger partial charge in [-0.05, 0) is 6.42 Å². The average Bonchev–Trinajstić information content (AvgIpc) is 2.63. The molecule has 4 nitrogen and oxygen atoms in total. The molecular formula is C12H24N4. The highest BCUT2D eigenvalue weighted by molar-refractivity contribution is 4.94. The van der Waals surface area contributed by atoms with Crippen LogP contribution in [0.2, 0.25) is 0 Å². The number of nitrogens with two attached hydrogens (primary N) is 1. The maximum Gasteiger partial charge on any atom is 0.0842 e. The van der Waals surface area contributed by atoms with E-state index in [1.807, 2.05) is 13.2 Å². The van der Waals surface area contributed by atoms with Crippen LogP contribution >= 0.6 is 0 Å². The number of nitrogens with zero attached hydrogens (tertiary/aromatic N) is 3. The summed E-state index contributed by atoms with van der Waals surface area (Å²) >= 11 is 0. The molecule has 1 atom stereocenters. The van der Waals surface area contributed by atoms with E-state index in [4.69, 9.17) is 5.73 Å². The summed E-state index contributed by atoms with van der Waals surface area (Å²) in [6, 6.07) is 0.235. The molecule has 0 aliphatic rings. The van der Waals surface area contributed by atoms with Gasteiger partial charge in [-0.2, -0.15) is 0 Å². The van der Waals surface area contributed by atoms with Crippen LogP contribution in [-0.4, -0.2) is 21.0 Å². The van der Waals surface area contributed by atoms with Crippen molar-refractivity contribution < 1.29 is 0 Å². The van der Waals surface area contributed by atoms with Crippen molar-refractivity contribution in [1.29, 1.82) is 0 Å². The Hall–Kier alpha value is -0.900. The number of aromatic nitrogens is 3. The summed E-state index contributed by atoms with van der Waals surface area (Å²) in [5.41, 5.74) is 7.06. The zero-order valence-corrected chi connectivity index (χ0v) is 10.5. The lowest BCUT2D eigenvalue weighted by Crippen LogP contribution is -2.22. The number of aryl methyl sites for hydroxylation is 1. The van der Waals surface area contributed by atoms with Crippen molar-refractivity contribution in [3.63, 3.8) is 0 Å². The van der Waals surface area contributed by atoms with Crippen LogP contribution in [0.15, 0.2) is 6.20 Å². The average molecular weight is 224 g/mol. The standard InChI is InChI=1S/C12H24N4/c1-3-4-5-6-7-8-11(13)9-12-10-16(2)15-14-12/h10-11H,3-9,13H2,1-2H3. The van der Waals surface area contributed by atoms with E-state index in [9.17, 15) is 0 Å². The van der Waals surface area contributed by atoms with Crippen LogP contribution in [0.25, 0.3) is 0 Å². The quantitative estimate of drug-likeness (QED) is 0.687. The van der Waals surface area contributed by atoms with E-state index in [0.29, 0.717) is 0 Å². The van der Waals surface area contributed by atoms with Gasteiger partial charge in [0, 0.05) is 25.7 Å². The van der Waals surface area contributed by atoms with E-state index in [0.717, 1.165) is 18.5 Å². The summed E-state index contributed by atoms with van der Waals surface area (Å²) in [6.07, 6.45) is 10.4. The highest BCUT2D eigenvalue weighted by Gasteiger charge is 2.06. The molecule has 1 unspecified atom stereocenters. The molecule has 0 aromatic carbocycles. The molecule has 1 aromatic heterocycles. The van der Waals surface area contributed by atoms with Crippen LogP contribution in [0.5, 0.6) is 0 Å². The first-order valence-electron chi connectivity index (χ1n) is 6.33. The van der Waals surface area contributed by atoms with Crippen LogP contribution in [0.4, 0.5) is 0 Å². The molecule has 4 heteroatoms. The van der Waals surface area contributed by atoms with Gasteiger partial charge >= 0.3 is 0 Å². The number of hydrogen-bond acceptors (Lipinski definition) is 3. The smallest absolute Gasteiger partial charge is 0.0842 e. The van der Waals surface area contributed by atoms with Gasteiger partial charge in [-0.1, -0.05) is 44.2 Å². The third kappa shape index (κ3) is 5.26. The van der Waals surface area contributed by atoms with Crippen molar-refractivity contribution in [2.75, 3.05) is 0 Å². The van der Waals surface area contributed by atoms with Crippen LogP contribution in [0, 0.1) is 0 Å². The van der Waals surface area contributed by atoms with Gasteiger partial charge in [-0.15, -0.1) is 5.10 Å². The highest BCUT2D eigenvalue weighted by atomic mass is 15.4. The van der Waals surface area contributed by atoms with E-state index >= 15 is 0 Å². The van der Waals surface area contributed by atoms with Crippen LogP contribution < -0.4 is 5.73 Å². The van der Waals surface area contributed by atoms with Crippen LogP contribution in [-0.2, 0) is 13.5 Å². The van der Waals surface area contributed by atoms with Gasteiger partial charge in [0.1, 0.15) is 0 Å². The maximum atomic E-state index is 6.05. The lowest BCUT2D eigenvalue weighted by Gasteiger charge is -2.08. The SMILES string of the molecule is CCCCCCCC(N)Cc1cn(C)nn1. The Morgan fingerprint density at radius 3 is 2.69 bits per heavy atom. The molecule has 92 valence electrons. The van der Waals surface area contributed by atoms with Crippen molar-refractivity contribution in [2.45, 2.75) is 57.9 Å². The van der Waals surface area contributed by atoms with Gasteiger partial charge in [0.05, 0.1) is 5.69 Å². The zero-order valence-electron chi connectivity index (χ0n) is 10.5. The second-order valence-corrected chi connectivity index (χ2v) is 4.55. The maximum absolute atomic E-state index is 6.05. The van der Waals surface area contributed by atoms with Gasteiger partial charge in [-0.25, -0.2) is 0 Å². The zero-order chi connectivity index (χ0) is 11.8. The van der Waals surface area contributed by atoms with Crippen molar-refractivity contribution in [3.05, 3.63) is 11.9 Å². The number of unbranched alkanes of at least 4 members (excludes halogenated alkanes) is 4. The molecule has 2 N–H and O–H groups in total. The highest BCUT2D eigenvalue weighted by Crippen LogP contribution is 2.08. The molecule has 0 aliphatic heterocycles. The second kappa shape index (κ2) is 7.39. The normalized spacial score (nSPS) is 12.9. The van der Waals surface area contributed by atoms with Crippen molar-refractivity contribution in [2.24, 2.45) is 12.8 Å². The Morgan fingerprint density at radius 2 is 2.06 bits per heavy atom. The first-order valence-corrected chi connectivity index (χ1v) is 6.33. The largest absolute Gasteiger partial charge is 0.327 e. The fourth-order valence-corrected chi connectivity index (χ4v) is 1.87. The second-order valence-electron chi connectivity index (χ2n) is 4.55. The first-order chi connectivity index (χ1) is 7.72. The number of hydrogen-bond donors (Lipinski definition) is 1. The summed E-state index contributed by atoms with van der Waals surface area (Å²) < 4.78 is 1.73. The third-order valence-corrected chi connectivity index (χ3v) is 2.80. The lowest BCUT2D eigenvalue weighted by molar-refractivity contribution is 0.534. The van der Waals surface area contributed by atoms with Gasteiger partial charge in [0.2, 0.25) is 0 Å². The summed E-state index contributed by atoms with van der Waals surface area (Å²) in [4.78, 5) is 0. The molecule has 1 rings (SSSR count). The summed E-state index contributed by atoms with van der Waals surface area (Å²) in [5.74, 6) is 0. The van der Waals surface area contributed by atoms with E-state index < -0.39 is 0 Å². The monoisotopic (exact) mass is 224 g/mol. The lowest BCUT2D eigenvalue weighted by atomic mass is 10.0. The van der Waals surface area contributed by atoms with Crippen molar-refractivity contribution in [3.8, 4) is 0 Å². The predicted molar refractivity (Wildman–Crippen MR) is 66.1 cm³/mol. The summed E-state index contributed by atoms with van der Waals surface area (Å²) in [6.45, 7) is 2.24. The Kier molecular flexibility index (Phi) is 6.08. The molecule has 1 heterocycles. The van der Waals surface area contributed by atoms with E-state index in [-0.39, 0.29) is 6.04 Å². The molecule has 0 spiro atoms. The van der Waals surface area contributed by atoms with Crippen LogP contribution in [0.3, 0.4) is 0 Å². The summed E-state index contributed by atoms with van der Waals surface area (Å²) in [5, 5.41) is 7.95. The fourth-order valence-electron chi connectivity index (χ4n) is 1.87. The minimum absolute atomic E-state index is 0.235. The molecule has 1 aromatic rings. The Morgan fingerprint density at radius 1 is 1.31 bits per heavy atom. The topological polar surface area (TPSA) is 56.7 Å². The Labute approximate surface area is 98.2 Å².